The van der Waals surface area contributed by atoms with Crippen LogP contribution in [0.15, 0.2) is 56.1 Å². The van der Waals surface area contributed by atoms with Gasteiger partial charge in [-0.3, -0.25) is 14.8 Å². The number of amides is 1. The predicted octanol–water partition coefficient (Wildman–Crippen LogP) is 5.30. The second-order valence-electron chi connectivity index (χ2n) is 12.4. The SMILES string of the molecule is CN(C)CCCN(C)C(=O)c1[nH]c2ncnc(Nc3cc4c(cn3)CN=C4)c2c1Br.O=C(O)c1[nH]c2ncnc(Nc3cc4c(cn3)CN=C4)c2c1Br. The maximum Gasteiger partial charge on any atom is 0.353 e. The molecule has 0 radical (unpaired) electrons. The van der Waals surface area contributed by atoms with Crippen LogP contribution in [0.5, 0.6) is 0 Å². The van der Waals surface area contributed by atoms with E-state index in [1.807, 2.05) is 38.6 Å². The van der Waals surface area contributed by atoms with Crippen LogP contribution in [-0.2, 0) is 13.1 Å². The van der Waals surface area contributed by atoms with E-state index in [1.54, 1.807) is 24.4 Å². The molecule has 0 spiro atoms. The van der Waals surface area contributed by atoms with Crippen LogP contribution in [0.3, 0.4) is 0 Å². The molecule has 8 rings (SSSR count). The standard InChI is InChI=1S/C20H23BrN8O.C14H9BrN6O2/c1-28(2)5-4-6-29(3)20(30)17-16(21)15-18(24-11-25-19(15)27-17)26-14-7-12-8-22-9-13(12)10-23-14;15-10-9-12(18-5-19-13(9)21-11(10)14(22)23)20-8-1-6-2-16-3-7(6)4-17-8/h7-8,10-11H,4-6,9H2,1-3H3,(H2,23,24,25,26,27);1-2,4-5H,3H2,(H,22,23)(H2,17,18,19,20,21). The second kappa shape index (κ2) is 15.1. The normalized spacial score (nSPS) is 12.6. The van der Waals surface area contributed by atoms with E-state index in [4.69, 9.17) is 0 Å². The monoisotopic (exact) mass is 842 g/mol. The molecular weight excluding hydrogens is 812 g/mol. The summed E-state index contributed by atoms with van der Waals surface area (Å²) in [6.45, 7) is 2.89. The van der Waals surface area contributed by atoms with Gasteiger partial charge in [-0.05, 0) is 71.1 Å². The van der Waals surface area contributed by atoms with Crippen molar-refractivity contribution in [2.24, 2.45) is 9.98 Å². The van der Waals surface area contributed by atoms with Gasteiger partial charge in [-0.15, -0.1) is 0 Å². The minimum atomic E-state index is -1.08. The Labute approximate surface area is 318 Å². The lowest BCUT2D eigenvalue weighted by Crippen LogP contribution is -2.30. The minimum Gasteiger partial charge on any atom is -0.477 e. The number of aromatic amines is 2. The van der Waals surface area contributed by atoms with Gasteiger partial charge in [0.2, 0.25) is 0 Å². The molecule has 0 aromatic carbocycles. The van der Waals surface area contributed by atoms with Crippen molar-refractivity contribution in [2.75, 3.05) is 44.9 Å². The van der Waals surface area contributed by atoms with Crippen LogP contribution in [0, 0.1) is 0 Å². The summed E-state index contributed by atoms with van der Waals surface area (Å²) in [5.74, 6) is 1.11. The van der Waals surface area contributed by atoms with Crippen molar-refractivity contribution in [3.05, 3.63) is 79.8 Å². The van der Waals surface area contributed by atoms with Gasteiger partial charge in [0.05, 0.1) is 32.8 Å². The van der Waals surface area contributed by atoms with Gasteiger partial charge in [-0.2, -0.15) is 0 Å². The van der Waals surface area contributed by atoms with Crippen molar-refractivity contribution in [3.63, 3.8) is 0 Å². The van der Waals surface area contributed by atoms with Crippen molar-refractivity contribution >= 4 is 102 Å². The van der Waals surface area contributed by atoms with E-state index in [9.17, 15) is 14.7 Å². The Bertz CT molecular complexity index is 2440. The van der Waals surface area contributed by atoms with E-state index in [0.717, 1.165) is 35.2 Å². The number of H-pyrrole nitrogens is 2. The molecule has 2 aliphatic heterocycles. The largest absolute Gasteiger partial charge is 0.477 e. The number of nitrogens with zero attached hydrogens (tertiary/aromatic N) is 10. The molecule has 19 heteroatoms. The fourth-order valence-electron chi connectivity index (χ4n) is 5.74. The van der Waals surface area contributed by atoms with Gasteiger partial charge in [0.25, 0.3) is 5.91 Å². The molecule has 2 aliphatic rings. The third-order valence-corrected chi connectivity index (χ3v) is 10.0. The fraction of sp³-hybridized carbons (Fsp3) is 0.235. The number of rotatable bonds is 10. The minimum absolute atomic E-state index is 0.0256. The zero-order valence-corrected chi connectivity index (χ0v) is 31.8. The number of fused-ring (bicyclic) bond motifs is 4. The van der Waals surface area contributed by atoms with E-state index in [2.05, 4.69) is 97.3 Å². The Morgan fingerprint density at radius 1 is 0.755 bits per heavy atom. The summed E-state index contributed by atoms with van der Waals surface area (Å²) in [4.78, 5) is 68.0. The average Bonchev–Trinajstić information content (AvgIpc) is 3.94. The third-order valence-electron chi connectivity index (χ3n) is 8.45. The van der Waals surface area contributed by atoms with Gasteiger partial charge in [-0.1, -0.05) is 0 Å². The lowest BCUT2D eigenvalue weighted by atomic mass is 10.2. The second-order valence-corrected chi connectivity index (χ2v) is 14.0. The highest BCUT2D eigenvalue weighted by molar-refractivity contribution is 9.11. The molecule has 0 bridgehead atoms. The summed E-state index contributed by atoms with van der Waals surface area (Å²) in [6.07, 6.45) is 10.9. The number of aromatic nitrogens is 8. The quantitative estimate of drug-likeness (QED) is 0.119. The Balaban J connectivity index is 0.000000170. The van der Waals surface area contributed by atoms with Crippen LogP contribution in [0.25, 0.3) is 22.1 Å². The van der Waals surface area contributed by atoms with E-state index in [0.29, 0.717) is 79.6 Å². The van der Waals surface area contributed by atoms with Gasteiger partial charge >= 0.3 is 5.97 Å². The molecule has 8 heterocycles. The molecule has 0 saturated carbocycles. The molecule has 0 atom stereocenters. The van der Waals surface area contributed by atoms with Crippen LogP contribution in [0.2, 0.25) is 0 Å². The van der Waals surface area contributed by atoms with Gasteiger partial charge in [0.15, 0.2) is 0 Å². The van der Waals surface area contributed by atoms with Gasteiger partial charge in [0.1, 0.15) is 58.6 Å². The lowest BCUT2D eigenvalue weighted by Gasteiger charge is -2.18. The number of hydrogen-bond acceptors (Lipinski definition) is 13. The van der Waals surface area contributed by atoms with Crippen molar-refractivity contribution in [2.45, 2.75) is 19.5 Å². The zero-order chi connectivity index (χ0) is 37.2. The van der Waals surface area contributed by atoms with Crippen LogP contribution in [0.1, 0.15) is 49.7 Å². The molecule has 6 aromatic rings. The summed E-state index contributed by atoms with van der Waals surface area (Å²) in [5.41, 5.74) is 5.70. The number of carbonyl (C=O) groups is 2. The molecular formula is C34H32Br2N14O3. The number of anilines is 4. The molecule has 5 N–H and O–H groups in total. The molecule has 0 aliphatic carbocycles. The molecule has 0 saturated heterocycles. The van der Waals surface area contributed by atoms with Crippen molar-refractivity contribution in [3.8, 4) is 0 Å². The van der Waals surface area contributed by atoms with Crippen LogP contribution >= 0.6 is 31.9 Å². The number of carboxylic acids is 1. The number of aromatic carboxylic acids is 1. The van der Waals surface area contributed by atoms with Crippen LogP contribution < -0.4 is 10.6 Å². The summed E-state index contributed by atoms with van der Waals surface area (Å²) in [5, 5.41) is 16.8. The van der Waals surface area contributed by atoms with E-state index >= 15 is 0 Å². The number of carbonyl (C=O) groups excluding carboxylic acids is 1. The summed E-state index contributed by atoms with van der Waals surface area (Å²) in [7, 11) is 5.84. The molecule has 6 aromatic heterocycles. The molecule has 0 unspecified atom stereocenters. The summed E-state index contributed by atoms with van der Waals surface area (Å²) >= 11 is 6.87. The van der Waals surface area contributed by atoms with Gasteiger partial charge in [0, 0.05) is 60.7 Å². The van der Waals surface area contributed by atoms with Crippen molar-refractivity contribution in [1.29, 1.82) is 0 Å². The molecule has 1 amide bonds. The van der Waals surface area contributed by atoms with Crippen LogP contribution in [-0.4, -0.2) is 113 Å². The smallest absolute Gasteiger partial charge is 0.353 e. The third kappa shape index (κ3) is 7.48. The molecule has 53 heavy (non-hydrogen) atoms. The molecule has 270 valence electrons. The molecule has 0 fully saturated rings. The first-order valence-electron chi connectivity index (χ1n) is 16.3. The highest BCUT2D eigenvalue weighted by Crippen LogP contribution is 2.34. The van der Waals surface area contributed by atoms with E-state index in [1.165, 1.54) is 12.7 Å². The maximum absolute atomic E-state index is 13.0. The predicted molar refractivity (Wildman–Crippen MR) is 208 cm³/mol. The Kier molecular flexibility index (Phi) is 10.2. The fourth-order valence-corrected chi connectivity index (χ4v) is 7.03. The average molecular weight is 845 g/mol. The summed E-state index contributed by atoms with van der Waals surface area (Å²) in [6, 6.07) is 3.81. The zero-order valence-electron chi connectivity index (χ0n) is 28.6. The number of aliphatic imine (C=N–C) groups is 2. The van der Waals surface area contributed by atoms with Crippen LogP contribution in [0.4, 0.5) is 23.3 Å². The van der Waals surface area contributed by atoms with Crippen molar-refractivity contribution in [1.82, 2.24) is 49.7 Å². The van der Waals surface area contributed by atoms with Gasteiger partial charge < -0.3 is 35.5 Å². The Morgan fingerprint density at radius 2 is 1.26 bits per heavy atom. The molecule has 17 nitrogen and oxygen atoms in total. The maximum atomic E-state index is 13.0. The first kappa shape index (κ1) is 35.7. The summed E-state index contributed by atoms with van der Waals surface area (Å²) < 4.78 is 1.03. The highest BCUT2D eigenvalue weighted by Gasteiger charge is 2.23. The van der Waals surface area contributed by atoms with E-state index < -0.39 is 5.97 Å². The highest BCUT2D eigenvalue weighted by atomic mass is 79.9. The number of pyridine rings is 2. The Morgan fingerprint density at radius 3 is 1.77 bits per heavy atom. The number of hydrogen-bond donors (Lipinski definition) is 5. The first-order valence-corrected chi connectivity index (χ1v) is 17.8. The van der Waals surface area contributed by atoms with Gasteiger partial charge in [-0.25, -0.2) is 34.7 Å². The Hall–Kier alpha value is -5.66. The number of nitrogens with one attached hydrogen (secondary N) is 4. The number of carboxylic acid groups (broad SMARTS) is 1. The first-order chi connectivity index (χ1) is 25.6. The number of halogens is 2. The van der Waals surface area contributed by atoms with E-state index in [-0.39, 0.29) is 11.6 Å². The topological polar surface area (TPSA) is 219 Å². The lowest BCUT2D eigenvalue weighted by molar-refractivity contribution is 0.0689. The van der Waals surface area contributed by atoms with Crippen molar-refractivity contribution < 1.29 is 14.7 Å².